The second-order valence-corrected chi connectivity index (χ2v) is 4.31. The van der Waals surface area contributed by atoms with Crippen molar-refractivity contribution in [1.82, 2.24) is 15.4 Å². The molecule has 0 saturated heterocycles. The number of benzene rings is 1. The molecular weight excluding hydrogens is 192 g/mol. The summed E-state index contributed by atoms with van der Waals surface area (Å²) >= 11 is 0. The summed E-state index contributed by atoms with van der Waals surface area (Å²) in [6, 6.07) is 3.78. The minimum Gasteiger partial charge on any atom is -0.325 e. The second-order valence-electron chi connectivity index (χ2n) is 4.31. The van der Waals surface area contributed by atoms with Crippen molar-refractivity contribution in [3.63, 3.8) is 0 Å². The van der Waals surface area contributed by atoms with E-state index < -0.39 is 5.41 Å². The van der Waals surface area contributed by atoms with Crippen molar-refractivity contribution in [3.8, 4) is 0 Å². The van der Waals surface area contributed by atoms with Gasteiger partial charge < -0.3 is 5.32 Å². The SMILES string of the molecule is CC1(C)C(=O)Nc2cc3nn[nH]c3cc21. The lowest BCUT2D eigenvalue weighted by molar-refractivity contribution is -0.119. The first-order valence-corrected chi connectivity index (χ1v) is 4.76. The number of aromatic amines is 1. The van der Waals surface area contributed by atoms with E-state index in [1.165, 1.54) is 0 Å². The fourth-order valence-corrected chi connectivity index (χ4v) is 1.91. The zero-order valence-corrected chi connectivity index (χ0v) is 8.46. The van der Waals surface area contributed by atoms with Crippen molar-refractivity contribution in [3.05, 3.63) is 17.7 Å². The normalized spacial score (nSPS) is 17.9. The Hall–Kier alpha value is -1.91. The Kier molecular flexibility index (Phi) is 1.32. The van der Waals surface area contributed by atoms with E-state index in [0.29, 0.717) is 0 Å². The van der Waals surface area contributed by atoms with Gasteiger partial charge in [0.25, 0.3) is 0 Å². The summed E-state index contributed by atoms with van der Waals surface area (Å²) in [6.07, 6.45) is 0. The van der Waals surface area contributed by atoms with Crippen LogP contribution in [0.3, 0.4) is 0 Å². The number of H-pyrrole nitrogens is 1. The van der Waals surface area contributed by atoms with E-state index in [-0.39, 0.29) is 5.91 Å². The lowest BCUT2D eigenvalue weighted by Gasteiger charge is -2.14. The van der Waals surface area contributed by atoms with Crippen LogP contribution in [0, 0.1) is 0 Å². The van der Waals surface area contributed by atoms with Crippen LogP contribution in [-0.2, 0) is 10.2 Å². The highest BCUT2D eigenvalue weighted by atomic mass is 16.2. The summed E-state index contributed by atoms with van der Waals surface area (Å²) in [5.41, 5.74) is 2.98. The number of carbonyl (C=O) groups excluding carboxylic acids is 1. The van der Waals surface area contributed by atoms with E-state index in [2.05, 4.69) is 20.7 Å². The van der Waals surface area contributed by atoms with Crippen LogP contribution in [0.5, 0.6) is 0 Å². The Morgan fingerprint density at radius 3 is 2.93 bits per heavy atom. The standard InChI is InChI=1S/C10H10N4O/c1-10(2)5-3-7-8(13-14-12-7)4-6(5)11-9(10)15/h3-4H,1-2H3,(H,11,15)(H,12,13,14). The molecule has 0 fully saturated rings. The molecule has 0 saturated carbocycles. The highest BCUT2D eigenvalue weighted by Gasteiger charge is 2.38. The molecule has 2 heterocycles. The molecule has 5 heteroatoms. The Balaban J connectivity index is 2.35. The zero-order valence-electron chi connectivity index (χ0n) is 8.46. The van der Waals surface area contributed by atoms with E-state index in [1.807, 2.05) is 26.0 Å². The summed E-state index contributed by atoms with van der Waals surface area (Å²) in [6.45, 7) is 3.81. The fourth-order valence-electron chi connectivity index (χ4n) is 1.91. The molecule has 2 N–H and O–H groups in total. The van der Waals surface area contributed by atoms with Gasteiger partial charge in [-0.15, -0.1) is 5.10 Å². The van der Waals surface area contributed by atoms with Crippen LogP contribution in [0.2, 0.25) is 0 Å². The molecule has 1 aliphatic heterocycles. The summed E-state index contributed by atoms with van der Waals surface area (Å²) in [4.78, 5) is 11.7. The quantitative estimate of drug-likeness (QED) is 0.674. The van der Waals surface area contributed by atoms with E-state index in [0.717, 1.165) is 22.3 Å². The number of nitrogens with one attached hydrogen (secondary N) is 2. The first kappa shape index (κ1) is 8.40. The van der Waals surface area contributed by atoms with Crippen LogP contribution >= 0.6 is 0 Å². The van der Waals surface area contributed by atoms with Crippen LogP contribution in [0.15, 0.2) is 12.1 Å². The molecule has 0 aliphatic carbocycles. The Labute approximate surface area is 85.9 Å². The van der Waals surface area contributed by atoms with Crippen molar-refractivity contribution in [2.24, 2.45) is 0 Å². The van der Waals surface area contributed by atoms with Crippen molar-refractivity contribution < 1.29 is 4.79 Å². The van der Waals surface area contributed by atoms with Gasteiger partial charge in [-0.05, 0) is 31.5 Å². The molecule has 2 aromatic rings. The third-order valence-corrected chi connectivity index (χ3v) is 2.95. The topological polar surface area (TPSA) is 70.7 Å². The van der Waals surface area contributed by atoms with Gasteiger partial charge in [-0.25, -0.2) is 0 Å². The molecule has 0 spiro atoms. The van der Waals surface area contributed by atoms with Crippen LogP contribution < -0.4 is 5.32 Å². The molecule has 0 unspecified atom stereocenters. The summed E-state index contributed by atoms with van der Waals surface area (Å²) < 4.78 is 0. The smallest absolute Gasteiger partial charge is 0.234 e. The summed E-state index contributed by atoms with van der Waals surface area (Å²) in [5, 5.41) is 13.3. The molecule has 5 nitrogen and oxygen atoms in total. The van der Waals surface area contributed by atoms with Crippen molar-refractivity contribution in [1.29, 1.82) is 0 Å². The van der Waals surface area contributed by atoms with Gasteiger partial charge in [0.05, 0.1) is 10.9 Å². The Morgan fingerprint density at radius 2 is 2.13 bits per heavy atom. The first-order chi connectivity index (χ1) is 7.09. The monoisotopic (exact) mass is 202 g/mol. The lowest BCUT2D eigenvalue weighted by Crippen LogP contribution is -2.26. The third-order valence-electron chi connectivity index (χ3n) is 2.95. The van der Waals surface area contributed by atoms with Crippen molar-refractivity contribution in [2.45, 2.75) is 19.3 Å². The molecule has 0 atom stereocenters. The molecular formula is C10H10N4O. The third kappa shape index (κ3) is 0.945. The number of rotatable bonds is 0. The number of aromatic nitrogens is 3. The molecule has 1 amide bonds. The van der Waals surface area contributed by atoms with Gasteiger partial charge in [0.1, 0.15) is 5.52 Å². The highest BCUT2D eigenvalue weighted by molar-refractivity contribution is 6.07. The first-order valence-electron chi connectivity index (χ1n) is 4.76. The predicted octanol–water partition coefficient (Wildman–Crippen LogP) is 1.19. The zero-order chi connectivity index (χ0) is 10.6. The summed E-state index contributed by atoms with van der Waals surface area (Å²) in [7, 11) is 0. The highest BCUT2D eigenvalue weighted by Crippen LogP contribution is 2.38. The van der Waals surface area contributed by atoms with Gasteiger partial charge >= 0.3 is 0 Å². The number of hydrogen-bond donors (Lipinski definition) is 2. The average molecular weight is 202 g/mol. The maximum atomic E-state index is 11.7. The lowest BCUT2D eigenvalue weighted by atomic mass is 9.86. The van der Waals surface area contributed by atoms with E-state index >= 15 is 0 Å². The van der Waals surface area contributed by atoms with Gasteiger partial charge in [0.2, 0.25) is 5.91 Å². The van der Waals surface area contributed by atoms with Crippen LogP contribution in [0.25, 0.3) is 11.0 Å². The molecule has 1 aliphatic rings. The molecule has 3 rings (SSSR count). The van der Waals surface area contributed by atoms with E-state index in [1.54, 1.807) is 0 Å². The van der Waals surface area contributed by atoms with E-state index in [9.17, 15) is 4.79 Å². The number of nitrogens with zero attached hydrogens (tertiary/aromatic N) is 2. The van der Waals surface area contributed by atoms with Gasteiger partial charge in [0, 0.05) is 5.69 Å². The molecule has 76 valence electrons. The fraction of sp³-hybridized carbons (Fsp3) is 0.300. The summed E-state index contributed by atoms with van der Waals surface area (Å²) in [5.74, 6) is 0.0260. The van der Waals surface area contributed by atoms with Crippen LogP contribution in [0.1, 0.15) is 19.4 Å². The van der Waals surface area contributed by atoms with Gasteiger partial charge in [-0.2, -0.15) is 0 Å². The number of fused-ring (bicyclic) bond motifs is 2. The number of hydrogen-bond acceptors (Lipinski definition) is 3. The Morgan fingerprint density at radius 1 is 1.33 bits per heavy atom. The molecule has 0 radical (unpaired) electrons. The van der Waals surface area contributed by atoms with Gasteiger partial charge in [-0.3, -0.25) is 9.89 Å². The second kappa shape index (κ2) is 2.36. The number of amides is 1. The molecule has 0 bridgehead atoms. The maximum Gasteiger partial charge on any atom is 0.234 e. The number of anilines is 1. The van der Waals surface area contributed by atoms with Crippen molar-refractivity contribution in [2.75, 3.05) is 5.32 Å². The minimum absolute atomic E-state index is 0.0260. The molecule has 15 heavy (non-hydrogen) atoms. The predicted molar refractivity (Wildman–Crippen MR) is 55.5 cm³/mol. The van der Waals surface area contributed by atoms with Crippen LogP contribution in [0.4, 0.5) is 5.69 Å². The Bertz CT molecular complexity index is 570. The van der Waals surface area contributed by atoms with Gasteiger partial charge in [-0.1, -0.05) is 5.21 Å². The molecule has 1 aromatic carbocycles. The van der Waals surface area contributed by atoms with Gasteiger partial charge in [0.15, 0.2) is 0 Å². The largest absolute Gasteiger partial charge is 0.325 e. The maximum absolute atomic E-state index is 11.7. The van der Waals surface area contributed by atoms with Crippen molar-refractivity contribution >= 4 is 22.6 Å². The number of carbonyl (C=O) groups is 1. The van der Waals surface area contributed by atoms with E-state index in [4.69, 9.17) is 0 Å². The minimum atomic E-state index is -0.478. The van der Waals surface area contributed by atoms with Crippen LogP contribution in [-0.4, -0.2) is 21.3 Å². The molecule has 1 aromatic heterocycles. The average Bonchev–Trinajstić information content (AvgIpc) is 2.69.